The maximum atomic E-state index is 14.5. The van der Waals surface area contributed by atoms with Crippen molar-refractivity contribution in [1.82, 2.24) is 15.5 Å². The van der Waals surface area contributed by atoms with Crippen molar-refractivity contribution in [3.63, 3.8) is 0 Å². The first-order valence-electron chi connectivity index (χ1n) is 17.4. The van der Waals surface area contributed by atoms with Crippen molar-refractivity contribution >= 4 is 29.5 Å². The number of aliphatic hydroxyl groups is 1. The van der Waals surface area contributed by atoms with E-state index in [1.165, 1.54) is 45.4 Å². The summed E-state index contributed by atoms with van der Waals surface area (Å²) >= 11 is 0. The topological polar surface area (TPSA) is 187 Å². The Morgan fingerprint density at radius 2 is 1.77 bits per heavy atom. The lowest BCUT2D eigenvalue weighted by atomic mass is 9.84. The van der Waals surface area contributed by atoms with Gasteiger partial charge in [-0.05, 0) is 62.9 Å². The number of nitrogens with zero attached hydrogens (tertiary/aromatic N) is 1. The number of hydrogen-bond acceptors (Lipinski definition) is 11. The number of hydrogen-bond donors (Lipinski definition) is 4. The summed E-state index contributed by atoms with van der Waals surface area (Å²) in [5, 5.41) is 17.4. The number of nitrogens with two attached hydrogens (primary N) is 1. The van der Waals surface area contributed by atoms with E-state index < -0.39 is 65.5 Å². The molecule has 6 atom stereocenters. The SMILES string of the molecule is C=CCNC1=C2C[C@@H](C)C[C@H](OC)[C@H](O)[C@@H](C)/C=C(\C)[C@H](OC(N)=O)[C@@H](OC)/C=C\C=C(/C)C(=O)N(C(=O)c3ccc(CNC)cc3)C(=CC1=O)C2=O. The molecule has 0 radical (unpaired) electrons. The number of allylic oxidation sites excluding steroid dienone is 4. The second-order valence-corrected chi connectivity index (χ2v) is 13.3. The van der Waals surface area contributed by atoms with E-state index in [1.807, 2.05) is 6.92 Å². The summed E-state index contributed by atoms with van der Waals surface area (Å²) in [5.74, 6) is -3.76. The quantitative estimate of drug-likeness (QED) is 0.164. The number of rotatable bonds is 9. The lowest BCUT2D eigenvalue weighted by Gasteiger charge is -2.30. The minimum atomic E-state index is -1.04. The third-order valence-corrected chi connectivity index (χ3v) is 9.16. The Balaban J connectivity index is 2.28. The molecule has 0 saturated heterocycles. The van der Waals surface area contributed by atoms with Crippen molar-refractivity contribution in [3.05, 3.63) is 107 Å². The molecule has 53 heavy (non-hydrogen) atoms. The number of Topliss-reactive ketones (excluding diaryl/α,β-unsaturated/α-hetero) is 1. The summed E-state index contributed by atoms with van der Waals surface area (Å²) in [6.45, 7) is 11.2. The number of primary amides is 1. The summed E-state index contributed by atoms with van der Waals surface area (Å²) in [4.78, 5) is 69.5. The third kappa shape index (κ3) is 10.8. The smallest absolute Gasteiger partial charge is 0.405 e. The number of amides is 3. The maximum Gasteiger partial charge on any atom is 0.405 e. The number of carbonyl (C=O) groups is 5. The minimum Gasteiger partial charge on any atom is -0.439 e. The minimum absolute atomic E-state index is 0.0374. The van der Waals surface area contributed by atoms with Crippen LogP contribution in [0, 0.1) is 11.8 Å². The average molecular weight is 733 g/mol. The summed E-state index contributed by atoms with van der Waals surface area (Å²) in [5.41, 5.74) is 6.73. The molecule has 1 aromatic rings. The molecule has 2 aliphatic rings. The number of ether oxygens (including phenoxy) is 3. The lowest BCUT2D eigenvalue weighted by Crippen LogP contribution is -2.43. The van der Waals surface area contributed by atoms with Crippen molar-refractivity contribution in [2.75, 3.05) is 27.8 Å². The number of carbonyl (C=O) groups excluding carboxylic acids is 5. The van der Waals surface area contributed by atoms with Crippen molar-refractivity contribution < 1.29 is 43.3 Å². The molecule has 0 aromatic heterocycles. The van der Waals surface area contributed by atoms with Gasteiger partial charge in [0.05, 0.1) is 17.9 Å². The van der Waals surface area contributed by atoms with Crippen LogP contribution in [-0.4, -0.2) is 91.7 Å². The van der Waals surface area contributed by atoms with Crippen molar-refractivity contribution in [2.24, 2.45) is 17.6 Å². The van der Waals surface area contributed by atoms with Crippen LogP contribution in [0.15, 0.2) is 95.4 Å². The number of fused-ring (bicyclic) bond motifs is 2. The van der Waals surface area contributed by atoms with E-state index >= 15 is 0 Å². The van der Waals surface area contributed by atoms with Crippen LogP contribution in [0.4, 0.5) is 4.79 Å². The van der Waals surface area contributed by atoms with Gasteiger partial charge in [-0.1, -0.05) is 56.4 Å². The second-order valence-electron chi connectivity index (χ2n) is 13.3. The average Bonchev–Trinajstić information content (AvgIpc) is 3.12. The molecule has 0 spiro atoms. The van der Waals surface area contributed by atoms with Gasteiger partial charge >= 0.3 is 6.09 Å². The fraction of sp³-hybridized carbons (Fsp3) is 0.425. The fourth-order valence-corrected chi connectivity index (χ4v) is 6.37. The van der Waals surface area contributed by atoms with Gasteiger partial charge in [0.25, 0.3) is 11.8 Å². The molecule has 5 N–H and O–H groups in total. The molecule has 1 heterocycles. The Hall–Kier alpha value is -4.95. The number of methoxy groups -OCH3 is 2. The van der Waals surface area contributed by atoms with Gasteiger partial charge in [-0.2, -0.15) is 0 Å². The van der Waals surface area contributed by atoms with E-state index in [4.69, 9.17) is 19.9 Å². The Bertz CT molecular complexity index is 1710. The zero-order valence-electron chi connectivity index (χ0n) is 31.5. The van der Waals surface area contributed by atoms with E-state index in [-0.39, 0.29) is 47.7 Å². The van der Waals surface area contributed by atoms with E-state index in [9.17, 15) is 29.1 Å². The Kier molecular flexibility index (Phi) is 15.8. The highest BCUT2D eigenvalue weighted by molar-refractivity contribution is 6.26. The monoisotopic (exact) mass is 732 g/mol. The molecule has 1 aliphatic carbocycles. The van der Waals surface area contributed by atoms with Crippen molar-refractivity contribution in [1.29, 1.82) is 0 Å². The maximum absolute atomic E-state index is 14.5. The predicted molar refractivity (Wildman–Crippen MR) is 200 cm³/mol. The highest BCUT2D eigenvalue weighted by atomic mass is 16.6. The number of imide groups is 1. The number of ketones is 2. The lowest BCUT2D eigenvalue weighted by molar-refractivity contribution is -0.126. The zero-order chi connectivity index (χ0) is 39.4. The first-order chi connectivity index (χ1) is 25.2. The summed E-state index contributed by atoms with van der Waals surface area (Å²) in [6, 6.07) is 6.56. The first-order valence-corrected chi connectivity index (χ1v) is 17.4. The van der Waals surface area contributed by atoms with Crippen LogP contribution in [0.5, 0.6) is 0 Å². The first kappa shape index (κ1) is 42.5. The Morgan fingerprint density at radius 3 is 2.36 bits per heavy atom. The van der Waals surface area contributed by atoms with Gasteiger partial charge in [-0.25, -0.2) is 9.69 Å². The largest absolute Gasteiger partial charge is 0.439 e. The molecule has 3 amide bonds. The van der Waals surface area contributed by atoms with Crippen LogP contribution in [0.2, 0.25) is 0 Å². The van der Waals surface area contributed by atoms with E-state index in [2.05, 4.69) is 17.2 Å². The molecule has 0 saturated carbocycles. The standard InChI is InChI=1S/C40H52N4O9/c1-9-17-43-34-29-18-23(2)19-33(52-8)35(46)25(4)20-26(5)37(53-40(41)50)32(51-7)12-10-11-24(3)38(48)44(30(36(29)47)21-31(34)45)39(49)28-15-13-27(14-16-28)22-42-6/h9-16,20-21,23,25,32-33,35,37,42-43,46H,1,17-19,22H2,2-8H3,(H2,41,50)/b12-10-,24-11+,26-20+/t23-,25+,32+,33+,35-,37+/m1/s1. The molecule has 0 unspecified atom stereocenters. The molecule has 1 aliphatic heterocycles. The van der Waals surface area contributed by atoms with Gasteiger partial charge in [0.1, 0.15) is 11.8 Å². The molecular weight excluding hydrogens is 680 g/mol. The molecule has 0 fully saturated rings. The normalized spacial score (nSPS) is 27.6. The van der Waals surface area contributed by atoms with Crippen LogP contribution in [0.3, 0.4) is 0 Å². The molecule has 3 rings (SSSR count). The number of benzene rings is 1. The van der Waals surface area contributed by atoms with Crippen LogP contribution in [0.25, 0.3) is 0 Å². The van der Waals surface area contributed by atoms with Crippen LogP contribution >= 0.6 is 0 Å². The van der Waals surface area contributed by atoms with Crippen LogP contribution < -0.4 is 16.4 Å². The highest BCUT2D eigenvalue weighted by Gasteiger charge is 2.39. The van der Waals surface area contributed by atoms with Gasteiger partial charge in [0, 0.05) is 56.0 Å². The van der Waals surface area contributed by atoms with Crippen molar-refractivity contribution in [2.45, 2.75) is 71.5 Å². The summed E-state index contributed by atoms with van der Waals surface area (Å²) in [6.07, 6.45) is 4.36. The van der Waals surface area contributed by atoms with Crippen LogP contribution in [0.1, 0.15) is 56.5 Å². The summed E-state index contributed by atoms with van der Waals surface area (Å²) in [7, 11) is 4.65. The zero-order valence-corrected chi connectivity index (χ0v) is 31.5. The Morgan fingerprint density at radius 1 is 1.09 bits per heavy atom. The highest BCUT2D eigenvalue weighted by Crippen LogP contribution is 2.31. The molecular formula is C40H52N4O9. The van der Waals surface area contributed by atoms with E-state index in [0.29, 0.717) is 12.1 Å². The van der Waals surface area contributed by atoms with Crippen LogP contribution in [-0.2, 0) is 35.1 Å². The molecule has 13 nitrogen and oxygen atoms in total. The fourth-order valence-electron chi connectivity index (χ4n) is 6.37. The van der Waals surface area contributed by atoms with E-state index in [0.717, 1.165) is 16.5 Å². The van der Waals surface area contributed by atoms with Gasteiger partial charge < -0.3 is 35.7 Å². The van der Waals surface area contributed by atoms with Gasteiger partial charge in [-0.15, -0.1) is 6.58 Å². The molecule has 2 bridgehead atoms. The molecule has 286 valence electrons. The van der Waals surface area contributed by atoms with Gasteiger partial charge in [0.2, 0.25) is 11.6 Å². The number of aliphatic hydroxyl groups excluding tert-OH is 1. The Labute approximate surface area is 311 Å². The summed E-state index contributed by atoms with van der Waals surface area (Å²) < 4.78 is 16.8. The predicted octanol–water partition coefficient (Wildman–Crippen LogP) is 3.81. The third-order valence-electron chi connectivity index (χ3n) is 9.16. The molecule has 1 aromatic carbocycles. The van der Waals surface area contributed by atoms with Gasteiger partial charge in [-0.3, -0.25) is 19.2 Å². The molecule has 13 heteroatoms. The van der Waals surface area contributed by atoms with E-state index in [1.54, 1.807) is 51.2 Å². The second kappa shape index (κ2) is 19.8. The van der Waals surface area contributed by atoms with Crippen molar-refractivity contribution in [3.8, 4) is 0 Å². The number of nitrogens with one attached hydrogen (secondary N) is 2. The van der Waals surface area contributed by atoms with Gasteiger partial charge in [0.15, 0.2) is 6.10 Å².